The number of carbonyl (C=O) groups is 1. The summed E-state index contributed by atoms with van der Waals surface area (Å²) in [6.45, 7) is 3.93. The summed E-state index contributed by atoms with van der Waals surface area (Å²) >= 11 is 1.59. The van der Waals surface area contributed by atoms with Gasteiger partial charge >= 0.3 is 0 Å². The predicted molar refractivity (Wildman–Crippen MR) is 89.2 cm³/mol. The lowest BCUT2D eigenvalue weighted by atomic mass is 10.1. The fourth-order valence-corrected chi connectivity index (χ4v) is 3.36. The van der Waals surface area contributed by atoms with E-state index >= 15 is 0 Å². The summed E-state index contributed by atoms with van der Waals surface area (Å²) in [6.07, 6.45) is 4.22. The molecule has 0 saturated carbocycles. The molecule has 3 rings (SSSR count). The van der Waals surface area contributed by atoms with E-state index in [1.54, 1.807) is 17.5 Å². The fraction of sp³-hybridized carbons (Fsp3) is 0.471. The number of aryl methyl sites for hydroxylation is 1. The standard InChI is InChI=1S/C17H21N3O2S/c1-13-19-15(12-23-13)9-17(21)20-8-4-6-16(10-20)22-11-14-5-2-3-7-18-14/h2-3,5,7,12,16H,4,6,8-11H2,1H3/t16-/m1/s1. The quantitative estimate of drug-likeness (QED) is 0.845. The molecule has 5 nitrogen and oxygen atoms in total. The van der Waals surface area contributed by atoms with Gasteiger partial charge in [0.2, 0.25) is 5.91 Å². The summed E-state index contributed by atoms with van der Waals surface area (Å²) in [5.74, 6) is 0.140. The number of ether oxygens (including phenoxy) is 1. The molecule has 1 fully saturated rings. The highest BCUT2D eigenvalue weighted by Gasteiger charge is 2.24. The van der Waals surface area contributed by atoms with Crippen molar-refractivity contribution in [2.45, 2.75) is 38.9 Å². The summed E-state index contributed by atoms with van der Waals surface area (Å²) in [7, 11) is 0. The summed E-state index contributed by atoms with van der Waals surface area (Å²) in [5, 5.41) is 2.97. The second kappa shape index (κ2) is 7.66. The van der Waals surface area contributed by atoms with Gasteiger partial charge in [-0.05, 0) is 31.9 Å². The van der Waals surface area contributed by atoms with Crippen LogP contribution in [0.1, 0.15) is 29.2 Å². The molecule has 0 bridgehead atoms. The van der Waals surface area contributed by atoms with E-state index in [0.29, 0.717) is 19.6 Å². The monoisotopic (exact) mass is 331 g/mol. The molecule has 0 aromatic carbocycles. The third kappa shape index (κ3) is 4.59. The number of carbonyl (C=O) groups excluding carboxylic acids is 1. The molecule has 3 heterocycles. The van der Waals surface area contributed by atoms with E-state index in [1.165, 1.54) is 0 Å². The minimum absolute atomic E-state index is 0.0897. The zero-order chi connectivity index (χ0) is 16.1. The topological polar surface area (TPSA) is 55.3 Å². The molecule has 6 heteroatoms. The maximum Gasteiger partial charge on any atom is 0.228 e. The molecule has 0 spiro atoms. The Bertz CT molecular complexity index is 644. The van der Waals surface area contributed by atoms with E-state index < -0.39 is 0 Å². The third-order valence-electron chi connectivity index (χ3n) is 3.92. The van der Waals surface area contributed by atoms with Gasteiger partial charge in [0.1, 0.15) is 0 Å². The molecule has 1 atom stereocenters. The van der Waals surface area contributed by atoms with E-state index in [9.17, 15) is 4.79 Å². The second-order valence-electron chi connectivity index (χ2n) is 5.77. The van der Waals surface area contributed by atoms with Gasteiger partial charge in [-0.2, -0.15) is 0 Å². The van der Waals surface area contributed by atoms with Crippen LogP contribution in [0, 0.1) is 6.92 Å². The van der Waals surface area contributed by atoms with Crippen molar-refractivity contribution in [3.8, 4) is 0 Å². The summed E-state index contributed by atoms with van der Waals surface area (Å²) in [4.78, 5) is 23.0. The molecular weight excluding hydrogens is 310 g/mol. The average Bonchev–Trinajstić information content (AvgIpc) is 2.99. The van der Waals surface area contributed by atoms with Gasteiger partial charge in [-0.15, -0.1) is 11.3 Å². The molecule has 0 unspecified atom stereocenters. The van der Waals surface area contributed by atoms with E-state index in [4.69, 9.17) is 4.74 Å². The van der Waals surface area contributed by atoms with Crippen LogP contribution >= 0.6 is 11.3 Å². The smallest absolute Gasteiger partial charge is 0.228 e. The van der Waals surface area contributed by atoms with Crippen LogP contribution < -0.4 is 0 Å². The maximum absolute atomic E-state index is 12.4. The van der Waals surface area contributed by atoms with Gasteiger partial charge in [-0.1, -0.05) is 6.07 Å². The summed E-state index contributed by atoms with van der Waals surface area (Å²) in [5.41, 5.74) is 1.79. The van der Waals surface area contributed by atoms with E-state index in [0.717, 1.165) is 35.8 Å². The Labute approximate surface area is 140 Å². The number of pyridine rings is 1. The first-order chi connectivity index (χ1) is 11.2. The molecule has 0 radical (unpaired) electrons. The molecular formula is C17H21N3O2S. The first-order valence-corrected chi connectivity index (χ1v) is 8.79. The summed E-state index contributed by atoms with van der Waals surface area (Å²) in [6, 6.07) is 5.80. The van der Waals surface area contributed by atoms with Gasteiger partial charge in [0.15, 0.2) is 0 Å². The number of amides is 1. The van der Waals surface area contributed by atoms with Crippen molar-refractivity contribution in [2.24, 2.45) is 0 Å². The number of likely N-dealkylation sites (tertiary alicyclic amines) is 1. The number of rotatable bonds is 5. The third-order valence-corrected chi connectivity index (χ3v) is 4.75. The van der Waals surface area contributed by atoms with Crippen LogP contribution in [0.25, 0.3) is 0 Å². The van der Waals surface area contributed by atoms with Crippen molar-refractivity contribution >= 4 is 17.2 Å². The molecule has 1 aliphatic rings. The molecule has 1 aliphatic heterocycles. The number of nitrogens with zero attached hydrogens (tertiary/aromatic N) is 3. The van der Waals surface area contributed by atoms with E-state index in [1.807, 2.05) is 35.4 Å². The van der Waals surface area contributed by atoms with Crippen LogP contribution in [0.3, 0.4) is 0 Å². The van der Waals surface area contributed by atoms with Crippen molar-refractivity contribution < 1.29 is 9.53 Å². The average molecular weight is 331 g/mol. The minimum atomic E-state index is 0.0897. The molecule has 122 valence electrons. The minimum Gasteiger partial charge on any atom is -0.370 e. The van der Waals surface area contributed by atoms with Gasteiger partial charge in [0.05, 0.1) is 35.5 Å². The molecule has 0 aliphatic carbocycles. The molecule has 0 N–H and O–H groups in total. The van der Waals surface area contributed by atoms with Gasteiger partial charge in [0.25, 0.3) is 0 Å². The number of hydrogen-bond donors (Lipinski definition) is 0. The number of piperidine rings is 1. The first-order valence-electron chi connectivity index (χ1n) is 7.91. The molecule has 2 aromatic rings. The van der Waals surface area contributed by atoms with Gasteiger partial charge in [0, 0.05) is 24.7 Å². The Morgan fingerprint density at radius 2 is 2.35 bits per heavy atom. The summed E-state index contributed by atoms with van der Waals surface area (Å²) < 4.78 is 5.93. The molecule has 1 amide bonds. The predicted octanol–water partition coefficient (Wildman–Crippen LogP) is 2.60. The van der Waals surface area contributed by atoms with E-state index in [-0.39, 0.29) is 12.0 Å². The molecule has 1 saturated heterocycles. The first kappa shape index (κ1) is 16.1. The van der Waals surface area contributed by atoms with Crippen molar-refractivity contribution in [3.05, 3.63) is 46.2 Å². The molecule has 2 aromatic heterocycles. The fourth-order valence-electron chi connectivity index (χ4n) is 2.74. The van der Waals surface area contributed by atoms with Crippen LogP contribution in [0.5, 0.6) is 0 Å². The van der Waals surface area contributed by atoms with Gasteiger partial charge in [-0.25, -0.2) is 4.98 Å². The SMILES string of the molecule is Cc1nc(CC(=O)N2CCC[C@@H](OCc3ccccn3)C2)cs1. The van der Waals surface area contributed by atoms with Crippen molar-refractivity contribution in [2.75, 3.05) is 13.1 Å². The zero-order valence-electron chi connectivity index (χ0n) is 13.3. The van der Waals surface area contributed by atoms with E-state index in [2.05, 4.69) is 9.97 Å². The Morgan fingerprint density at radius 3 is 3.09 bits per heavy atom. The zero-order valence-corrected chi connectivity index (χ0v) is 14.1. The lowest BCUT2D eigenvalue weighted by Crippen LogP contribution is -2.43. The van der Waals surface area contributed by atoms with Crippen LogP contribution in [0.2, 0.25) is 0 Å². The second-order valence-corrected chi connectivity index (χ2v) is 6.83. The maximum atomic E-state index is 12.4. The Hall–Kier alpha value is -1.79. The number of thiazole rings is 1. The highest BCUT2D eigenvalue weighted by Crippen LogP contribution is 2.17. The van der Waals surface area contributed by atoms with Crippen molar-refractivity contribution in [1.82, 2.24) is 14.9 Å². The van der Waals surface area contributed by atoms with Gasteiger partial charge < -0.3 is 9.64 Å². The highest BCUT2D eigenvalue weighted by atomic mass is 32.1. The van der Waals surface area contributed by atoms with Crippen LogP contribution in [-0.4, -0.2) is 40.0 Å². The van der Waals surface area contributed by atoms with Gasteiger partial charge in [-0.3, -0.25) is 9.78 Å². The lowest BCUT2D eigenvalue weighted by Gasteiger charge is -2.32. The number of hydrogen-bond acceptors (Lipinski definition) is 5. The molecule has 23 heavy (non-hydrogen) atoms. The van der Waals surface area contributed by atoms with Crippen LogP contribution in [0.4, 0.5) is 0 Å². The van der Waals surface area contributed by atoms with Crippen LogP contribution in [-0.2, 0) is 22.6 Å². The Balaban J connectivity index is 1.50. The van der Waals surface area contributed by atoms with Crippen molar-refractivity contribution in [1.29, 1.82) is 0 Å². The Kier molecular flexibility index (Phi) is 5.35. The normalized spacial score (nSPS) is 18.1. The lowest BCUT2D eigenvalue weighted by molar-refractivity contribution is -0.135. The Morgan fingerprint density at radius 1 is 1.43 bits per heavy atom. The largest absolute Gasteiger partial charge is 0.370 e. The van der Waals surface area contributed by atoms with Crippen molar-refractivity contribution in [3.63, 3.8) is 0 Å². The highest BCUT2D eigenvalue weighted by molar-refractivity contribution is 7.09. The van der Waals surface area contributed by atoms with Crippen LogP contribution in [0.15, 0.2) is 29.8 Å². The number of aromatic nitrogens is 2.